The van der Waals surface area contributed by atoms with Crippen LogP contribution >= 0.6 is 11.6 Å². The van der Waals surface area contributed by atoms with Crippen LogP contribution in [0.25, 0.3) is 0 Å². The molecule has 0 saturated heterocycles. The maximum Gasteiger partial charge on any atom is 0.0369 e. The van der Waals surface area contributed by atoms with E-state index in [0.29, 0.717) is 5.38 Å². The molecule has 0 heterocycles. The Morgan fingerprint density at radius 3 is 2.36 bits per heavy atom. The zero-order valence-corrected chi connectivity index (χ0v) is 8.56. The molecule has 1 saturated carbocycles. The molecular weight excluding hydrogens is 156 g/mol. The zero-order valence-electron chi connectivity index (χ0n) is 7.81. The number of halogens is 1. The fourth-order valence-corrected chi connectivity index (χ4v) is 2.81. The van der Waals surface area contributed by atoms with Crippen molar-refractivity contribution in [1.82, 2.24) is 0 Å². The first-order chi connectivity index (χ1) is 5.11. The fourth-order valence-electron chi connectivity index (χ4n) is 2.09. The van der Waals surface area contributed by atoms with E-state index in [4.69, 9.17) is 11.6 Å². The van der Waals surface area contributed by atoms with Gasteiger partial charge in [0.2, 0.25) is 0 Å². The summed E-state index contributed by atoms with van der Waals surface area (Å²) in [6.45, 7) is 6.89. The first-order valence-corrected chi connectivity index (χ1v) is 5.19. The summed E-state index contributed by atoms with van der Waals surface area (Å²) in [6.07, 6.45) is 3.95. The summed E-state index contributed by atoms with van der Waals surface area (Å²) >= 11 is 6.27. The van der Waals surface area contributed by atoms with Crippen LogP contribution in [0.15, 0.2) is 0 Å². The number of alkyl halides is 1. The van der Waals surface area contributed by atoms with Crippen LogP contribution < -0.4 is 0 Å². The van der Waals surface area contributed by atoms with Gasteiger partial charge in [0.1, 0.15) is 0 Å². The Bertz CT molecular complexity index is 120. The van der Waals surface area contributed by atoms with Crippen LogP contribution in [0.1, 0.15) is 40.0 Å². The SMILES string of the molecule is CC1CCC(C(C)C)C(Cl)C1. The van der Waals surface area contributed by atoms with Crippen molar-refractivity contribution in [3.05, 3.63) is 0 Å². The third kappa shape index (κ3) is 2.37. The van der Waals surface area contributed by atoms with Crippen LogP contribution in [0.2, 0.25) is 0 Å². The van der Waals surface area contributed by atoms with E-state index in [9.17, 15) is 0 Å². The molecule has 11 heavy (non-hydrogen) atoms. The van der Waals surface area contributed by atoms with Crippen LogP contribution in [-0.4, -0.2) is 5.38 Å². The minimum Gasteiger partial charge on any atom is -0.123 e. The van der Waals surface area contributed by atoms with Gasteiger partial charge in [0.15, 0.2) is 0 Å². The van der Waals surface area contributed by atoms with Crippen molar-refractivity contribution in [3.63, 3.8) is 0 Å². The molecule has 0 amide bonds. The summed E-state index contributed by atoms with van der Waals surface area (Å²) in [7, 11) is 0. The lowest BCUT2D eigenvalue weighted by Gasteiger charge is -2.33. The predicted octanol–water partition coefficient (Wildman–Crippen LogP) is 3.69. The monoisotopic (exact) mass is 174 g/mol. The summed E-state index contributed by atoms with van der Waals surface area (Å²) < 4.78 is 0. The zero-order chi connectivity index (χ0) is 8.43. The van der Waals surface area contributed by atoms with Crippen molar-refractivity contribution < 1.29 is 0 Å². The maximum absolute atomic E-state index is 6.27. The molecule has 0 spiro atoms. The van der Waals surface area contributed by atoms with E-state index in [-0.39, 0.29) is 0 Å². The standard InChI is InChI=1S/C10H19Cl/c1-7(2)9-5-4-8(3)6-10(9)11/h7-10H,4-6H2,1-3H3. The second-order valence-electron chi connectivity index (χ2n) is 4.34. The Hall–Kier alpha value is 0.290. The third-order valence-electron chi connectivity index (χ3n) is 2.94. The second kappa shape index (κ2) is 3.80. The van der Waals surface area contributed by atoms with Gasteiger partial charge in [-0.3, -0.25) is 0 Å². The molecule has 66 valence electrons. The summed E-state index contributed by atoms with van der Waals surface area (Å²) in [5.74, 6) is 2.39. The highest BCUT2D eigenvalue weighted by molar-refractivity contribution is 6.20. The van der Waals surface area contributed by atoms with E-state index < -0.39 is 0 Å². The molecule has 0 aromatic carbocycles. The Labute approximate surface area is 75.3 Å². The predicted molar refractivity (Wildman–Crippen MR) is 51.0 cm³/mol. The van der Waals surface area contributed by atoms with Crippen LogP contribution in [-0.2, 0) is 0 Å². The third-order valence-corrected chi connectivity index (χ3v) is 3.44. The van der Waals surface area contributed by atoms with E-state index in [0.717, 1.165) is 17.8 Å². The van der Waals surface area contributed by atoms with Crippen molar-refractivity contribution in [2.45, 2.75) is 45.4 Å². The van der Waals surface area contributed by atoms with Gasteiger partial charge >= 0.3 is 0 Å². The molecule has 0 aromatic heterocycles. The van der Waals surface area contributed by atoms with Crippen LogP contribution in [0, 0.1) is 17.8 Å². The maximum atomic E-state index is 6.27. The van der Waals surface area contributed by atoms with Gasteiger partial charge in [0, 0.05) is 5.38 Å². The smallest absolute Gasteiger partial charge is 0.0369 e. The van der Waals surface area contributed by atoms with Crippen molar-refractivity contribution in [1.29, 1.82) is 0 Å². The highest BCUT2D eigenvalue weighted by Crippen LogP contribution is 2.36. The van der Waals surface area contributed by atoms with Gasteiger partial charge in [-0.25, -0.2) is 0 Å². The largest absolute Gasteiger partial charge is 0.123 e. The Morgan fingerprint density at radius 2 is 1.91 bits per heavy atom. The Kier molecular flexibility index (Phi) is 3.24. The minimum atomic E-state index is 0.443. The minimum absolute atomic E-state index is 0.443. The van der Waals surface area contributed by atoms with E-state index in [1.165, 1.54) is 19.3 Å². The second-order valence-corrected chi connectivity index (χ2v) is 4.90. The molecule has 1 rings (SSSR count). The quantitative estimate of drug-likeness (QED) is 0.532. The molecule has 1 fully saturated rings. The van der Waals surface area contributed by atoms with Crippen LogP contribution in [0.3, 0.4) is 0 Å². The van der Waals surface area contributed by atoms with Gasteiger partial charge in [0.25, 0.3) is 0 Å². The van der Waals surface area contributed by atoms with Gasteiger partial charge < -0.3 is 0 Å². The van der Waals surface area contributed by atoms with Gasteiger partial charge in [-0.05, 0) is 30.6 Å². The molecule has 0 radical (unpaired) electrons. The lowest BCUT2D eigenvalue weighted by Crippen LogP contribution is -2.27. The van der Waals surface area contributed by atoms with Crippen LogP contribution in [0.5, 0.6) is 0 Å². The molecule has 0 nitrogen and oxygen atoms in total. The van der Waals surface area contributed by atoms with Crippen molar-refractivity contribution in [2.24, 2.45) is 17.8 Å². The number of rotatable bonds is 1. The molecule has 0 aliphatic heterocycles. The Morgan fingerprint density at radius 1 is 1.27 bits per heavy atom. The molecule has 3 unspecified atom stereocenters. The summed E-state index contributed by atoms with van der Waals surface area (Å²) in [4.78, 5) is 0. The molecule has 0 aromatic rings. The van der Waals surface area contributed by atoms with Crippen molar-refractivity contribution in [3.8, 4) is 0 Å². The summed E-state index contributed by atoms with van der Waals surface area (Å²) in [6, 6.07) is 0. The highest BCUT2D eigenvalue weighted by atomic mass is 35.5. The van der Waals surface area contributed by atoms with Crippen molar-refractivity contribution in [2.75, 3.05) is 0 Å². The summed E-state index contributed by atoms with van der Waals surface area (Å²) in [5, 5.41) is 0.443. The molecular formula is C10H19Cl. The average Bonchev–Trinajstić information content (AvgIpc) is 1.85. The van der Waals surface area contributed by atoms with Gasteiger partial charge in [-0.2, -0.15) is 0 Å². The lowest BCUT2D eigenvalue weighted by molar-refractivity contribution is 0.240. The molecule has 1 aliphatic rings. The van der Waals surface area contributed by atoms with Gasteiger partial charge in [0.05, 0.1) is 0 Å². The number of hydrogen-bond acceptors (Lipinski definition) is 0. The fraction of sp³-hybridized carbons (Fsp3) is 1.00. The van der Waals surface area contributed by atoms with E-state index in [2.05, 4.69) is 20.8 Å². The summed E-state index contributed by atoms with van der Waals surface area (Å²) in [5.41, 5.74) is 0. The highest BCUT2D eigenvalue weighted by Gasteiger charge is 2.28. The Balaban J connectivity index is 2.44. The van der Waals surface area contributed by atoms with E-state index in [1.54, 1.807) is 0 Å². The van der Waals surface area contributed by atoms with Crippen LogP contribution in [0.4, 0.5) is 0 Å². The van der Waals surface area contributed by atoms with Crippen molar-refractivity contribution >= 4 is 11.6 Å². The molecule has 1 heteroatoms. The molecule has 0 bridgehead atoms. The number of hydrogen-bond donors (Lipinski definition) is 0. The van der Waals surface area contributed by atoms with Gasteiger partial charge in [-0.1, -0.05) is 27.2 Å². The molecule has 3 atom stereocenters. The first-order valence-electron chi connectivity index (χ1n) is 4.75. The van der Waals surface area contributed by atoms with E-state index >= 15 is 0 Å². The molecule has 1 aliphatic carbocycles. The average molecular weight is 175 g/mol. The normalized spacial score (nSPS) is 39.5. The lowest BCUT2D eigenvalue weighted by atomic mass is 9.77. The molecule has 0 N–H and O–H groups in total. The first kappa shape index (κ1) is 9.38. The van der Waals surface area contributed by atoms with E-state index in [1.807, 2.05) is 0 Å². The van der Waals surface area contributed by atoms with Gasteiger partial charge in [-0.15, -0.1) is 11.6 Å². The topological polar surface area (TPSA) is 0 Å².